The first-order valence-electron chi connectivity index (χ1n) is 10.3. The van der Waals surface area contributed by atoms with Crippen molar-refractivity contribution in [3.8, 4) is 5.75 Å². The van der Waals surface area contributed by atoms with Gasteiger partial charge in [-0.05, 0) is 48.9 Å². The van der Waals surface area contributed by atoms with Crippen LogP contribution in [0.15, 0.2) is 53.5 Å². The van der Waals surface area contributed by atoms with E-state index in [4.69, 9.17) is 10.6 Å². The van der Waals surface area contributed by atoms with E-state index in [9.17, 15) is 4.79 Å². The Morgan fingerprint density at radius 1 is 0.933 bits per heavy atom. The van der Waals surface area contributed by atoms with Crippen LogP contribution in [0.4, 0.5) is 0 Å². The van der Waals surface area contributed by atoms with E-state index in [0.717, 1.165) is 62.6 Å². The molecule has 160 valence electrons. The lowest BCUT2D eigenvalue weighted by Gasteiger charge is -2.26. The standard InChI is InChI=1S/C23H28N4O2.ClH/c24-27-15-12-25-23(27)20-8-4-18(5-9-20)16-19-6-10-21(11-7-19)29-17-22(28)26-13-2-1-3-14-26;/h4-11H,1-3,12-17,24H2;1H. The summed E-state index contributed by atoms with van der Waals surface area (Å²) in [6.45, 7) is 3.36. The van der Waals surface area contributed by atoms with Gasteiger partial charge >= 0.3 is 0 Å². The third-order valence-electron chi connectivity index (χ3n) is 5.49. The van der Waals surface area contributed by atoms with Crippen molar-refractivity contribution in [1.29, 1.82) is 0 Å². The first kappa shape index (κ1) is 22.1. The van der Waals surface area contributed by atoms with Gasteiger partial charge in [-0.1, -0.05) is 36.4 Å². The van der Waals surface area contributed by atoms with Crippen LogP contribution < -0.4 is 10.6 Å². The number of hydrogen-bond acceptors (Lipinski definition) is 5. The Bertz CT molecular complexity index is 862. The number of rotatable bonds is 6. The molecule has 2 heterocycles. The predicted molar refractivity (Wildman–Crippen MR) is 121 cm³/mol. The van der Waals surface area contributed by atoms with Crippen molar-refractivity contribution >= 4 is 24.1 Å². The van der Waals surface area contributed by atoms with E-state index in [1.165, 1.54) is 17.5 Å². The smallest absolute Gasteiger partial charge is 0.260 e. The average Bonchev–Trinajstić information content (AvgIpc) is 3.20. The van der Waals surface area contributed by atoms with Crippen LogP contribution in [-0.2, 0) is 11.2 Å². The van der Waals surface area contributed by atoms with Gasteiger partial charge in [0, 0.05) is 18.7 Å². The minimum absolute atomic E-state index is 0. The maximum atomic E-state index is 12.2. The number of carbonyl (C=O) groups is 1. The van der Waals surface area contributed by atoms with E-state index in [0.29, 0.717) is 0 Å². The molecule has 0 unspecified atom stereocenters. The minimum Gasteiger partial charge on any atom is -0.484 e. The number of amides is 1. The zero-order valence-corrected chi connectivity index (χ0v) is 17.9. The van der Waals surface area contributed by atoms with Crippen LogP contribution in [0.5, 0.6) is 5.75 Å². The molecule has 0 bridgehead atoms. The number of hydrogen-bond donors (Lipinski definition) is 1. The van der Waals surface area contributed by atoms with Gasteiger partial charge < -0.3 is 9.64 Å². The van der Waals surface area contributed by atoms with Gasteiger partial charge in [0.1, 0.15) is 11.6 Å². The maximum Gasteiger partial charge on any atom is 0.260 e. The molecular formula is C23H29ClN4O2. The molecule has 6 nitrogen and oxygen atoms in total. The number of aliphatic imine (C=N–C) groups is 1. The Balaban J connectivity index is 0.00000256. The molecule has 2 aromatic carbocycles. The molecule has 1 saturated heterocycles. The SMILES string of the molecule is Cl.NN1CCN=C1c1ccc(Cc2ccc(OCC(=O)N3CCCCC3)cc2)cc1. The van der Waals surface area contributed by atoms with Gasteiger partial charge in [0.2, 0.25) is 0 Å². The molecule has 30 heavy (non-hydrogen) atoms. The van der Waals surface area contributed by atoms with E-state index in [1.807, 2.05) is 17.0 Å². The van der Waals surface area contributed by atoms with Crippen molar-refractivity contribution < 1.29 is 9.53 Å². The fourth-order valence-electron chi connectivity index (χ4n) is 3.81. The van der Waals surface area contributed by atoms with Crippen LogP contribution >= 0.6 is 12.4 Å². The molecule has 0 aliphatic carbocycles. The van der Waals surface area contributed by atoms with Crippen molar-refractivity contribution in [3.05, 3.63) is 65.2 Å². The Labute approximate surface area is 184 Å². The molecule has 2 N–H and O–H groups in total. The van der Waals surface area contributed by atoms with E-state index < -0.39 is 0 Å². The molecule has 0 atom stereocenters. The van der Waals surface area contributed by atoms with Crippen LogP contribution in [0.1, 0.15) is 36.0 Å². The summed E-state index contributed by atoms with van der Waals surface area (Å²) in [5, 5.41) is 1.70. The highest BCUT2D eigenvalue weighted by atomic mass is 35.5. The molecule has 0 radical (unpaired) electrons. The van der Waals surface area contributed by atoms with Gasteiger partial charge in [0.25, 0.3) is 5.91 Å². The summed E-state index contributed by atoms with van der Waals surface area (Å²) in [4.78, 5) is 18.6. The van der Waals surface area contributed by atoms with Gasteiger partial charge in [-0.2, -0.15) is 0 Å². The quantitative estimate of drug-likeness (QED) is 0.718. The zero-order chi connectivity index (χ0) is 20.1. The number of carbonyl (C=O) groups excluding carboxylic acids is 1. The second-order valence-corrected chi connectivity index (χ2v) is 7.65. The number of piperidine rings is 1. The number of ether oxygens (including phenoxy) is 1. The summed E-state index contributed by atoms with van der Waals surface area (Å²) in [5.74, 6) is 7.61. The van der Waals surface area contributed by atoms with Crippen molar-refractivity contribution in [1.82, 2.24) is 9.91 Å². The summed E-state index contributed by atoms with van der Waals surface area (Å²) < 4.78 is 5.69. The highest BCUT2D eigenvalue weighted by molar-refractivity contribution is 5.99. The van der Waals surface area contributed by atoms with Crippen molar-refractivity contribution in [2.75, 3.05) is 32.8 Å². The third-order valence-corrected chi connectivity index (χ3v) is 5.49. The monoisotopic (exact) mass is 428 g/mol. The molecule has 7 heteroatoms. The van der Waals surface area contributed by atoms with Gasteiger partial charge in [0.15, 0.2) is 6.61 Å². The van der Waals surface area contributed by atoms with Gasteiger partial charge in [-0.3, -0.25) is 14.8 Å². The number of benzene rings is 2. The van der Waals surface area contributed by atoms with Crippen molar-refractivity contribution in [3.63, 3.8) is 0 Å². The fraction of sp³-hybridized carbons (Fsp3) is 0.391. The highest BCUT2D eigenvalue weighted by Gasteiger charge is 2.17. The first-order valence-corrected chi connectivity index (χ1v) is 10.3. The lowest BCUT2D eigenvalue weighted by molar-refractivity contribution is -0.134. The van der Waals surface area contributed by atoms with Crippen molar-refractivity contribution in [2.24, 2.45) is 10.8 Å². The van der Waals surface area contributed by atoms with E-state index in [1.54, 1.807) is 5.01 Å². The van der Waals surface area contributed by atoms with Crippen molar-refractivity contribution in [2.45, 2.75) is 25.7 Å². The molecule has 0 aromatic heterocycles. The summed E-state index contributed by atoms with van der Waals surface area (Å²) in [7, 11) is 0. The lowest BCUT2D eigenvalue weighted by Crippen LogP contribution is -2.38. The van der Waals surface area contributed by atoms with E-state index in [2.05, 4.69) is 41.4 Å². The molecule has 0 saturated carbocycles. The summed E-state index contributed by atoms with van der Waals surface area (Å²) in [6.07, 6.45) is 4.25. The van der Waals surface area contributed by atoms with Gasteiger partial charge in [-0.25, -0.2) is 5.84 Å². The van der Waals surface area contributed by atoms with Crippen LogP contribution in [-0.4, -0.2) is 54.4 Å². The van der Waals surface area contributed by atoms with Crippen LogP contribution in [0.2, 0.25) is 0 Å². The average molecular weight is 429 g/mol. The molecule has 1 fully saturated rings. The molecule has 0 spiro atoms. The molecule has 4 rings (SSSR count). The minimum atomic E-state index is 0. The molecule has 1 amide bonds. The Kier molecular flexibility index (Phi) is 7.71. The van der Waals surface area contributed by atoms with Gasteiger partial charge in [-0.15, -0.1) is 12.4 Å². The Morgan fingerprint density at radius 2 is 1.57 bits per heavy atom. The predicted octanol–water partition coefficient (Wildman–Crippen LogP) is 3.03. The number of nitrogens with zero attached hydrogens (tertiary/aromatic N) is 3. The summed E-state index contributed by atoms with van der Waals surface area (Å²) in [6, 6.07) is 16.4. The number of halogens is 1. The molecular weight excluding hydrogens is 400 g/mol. The first-order chi connectivity index (χ1) is 14.2. The molecule has 2 aromatic rings. The fourth-order valence-corrected chi connectivity index (χ4v) is 3.81. The second-order valence-electron chi connectivity index (χ2n) is 7.65. The second kappa shape index (κ2) is 10.5. The highest BCUT2D eigenvalue weighted by Crippen LogP contribution is 2.17. The Morgan fingerprint density at radius 3 is 2.17 bits per heavy atom. The van der Waals surface area contributed by atoms with Gasteiger partial charge in [0.05, 0.1) is 13.1 Å². The lowest BCUT2D eigenvalue weighted by atomic mass is 10.0. The number of nitrogens with two attached hydrogens (primary N) is 1. The molecule has 2 aliphatic rings. The van der Waals surface area contributed by atoms with Crippen LogP contribution in [0.25, 0.3) is 0 Å². The largest absolute Gasteiger partial charge is 0.484 e. The Hall–Kier alpha value is -2.57. The van der Waals surface area contributed by atoms with Crippen LogP contribution in [0, 0.1) is 0 Å². The number of hydrazine groups is 1. The van der Waals surface area contributed by atoms with E-state index in [-0.39, 0.29) is 24.9 Å². The third kappa shape index (κ3) is 5.52. The summed E-state index contributed by atoms with van der Waals surface area (Å²) >= 11 is 0. The maximum absolute atomic E-state index is 12.2. The topological polar surface area (TPSA) is 71.2 Å². The number of likely N-dealkylation sites (tertiary alicyclic amines) is 1. The number of amidine groups is 1. The summed E-state index contributed by atoms with van der Waals surface area (Å²) in [5.41, 5.74) is 3.48. The van der Waals surface area contributed by atoms with Crippen LogP contribution in [0.3, 0.4) is 0 Å². The normalized spacial score (nSPS) is 16.1. The zero-order valence-electron chi connectivity index (χ0n) is 17.1. The van der Waals surface area contributed by atoms with E-state index >= 15 is 0 Å². The molecule has 2 aliphatic heterocycles.